The van der Waals surface area contributed by atoms with E-state index in [0.29, 0.717) is 11.6 Å². The molecule has 1 aromatic heterocycles. The third-order valence-electron chi connectivity index (χ3n) is 3.74. The van der Waals surface area contributed by atoms with E-state index in [-0.39, 0.29) is 18.2 Å². The topological polar surface area (TPSA) is 55.1 Å². The van der Waals surface area contributed by atoms with Gasteiger partial charge in [-0.2, -0.15) is 5.10 Å². The molecule has 0 radical (unpaired) electrons. The number of rotatable bonds is 5. The van der Waals surface area contributed by atoms with Crippen molar-refractivity contribution in [1.82, 2.24) is 9.78 Å². The Morgan fingerprint density at radius 1 is 1.50 bits per heavy atom. The first-order valence-corrected chi connectivity index (χ1v) is 6.66. The Labute approximate surface area is 115 Å². The first-order valence-electron chi connectivity index (χ1n) is 6.66. The molecule has 104 valence electrons. The van der Waals surface area contributed by atoms with Crippen LogP contribution in [0, 0.1) is 11.7 Å². The third-order valence-corrected chi connectivity index (χ3v) is 3.74. The van der Waals surface area contributed by atoms with E-state index in [1.54, 1.807) is 24.5 Å². The molecule has 1 N–H and O–H groups in total. The fourth-order valence-corrected chi connectivity index (χ4v) is 2.59. The highest BCUT2D eigenvalue weighted by Gasteiger charge is 2.34. The van der Waals surface area contributed by atoms with Gasteiger partial charge >= 0.3 is 5.97 Å². The number of nitrogens with zero attached hydrogens (tertiary/aromatic N) is 2. The maximum Gasteiger partial charge on any atom is 0.303 e. The summed E-state index contributed by atoms with van der Waals surface area (Å²) in [6, 6.07) is 6.65. The normalized spacial score (nSPS) is 16.1. The van der Waals surface area contributed by atoms with Gasteiger partial charge < -0.3 is 5.11 Å². The summed E-state index contributed by atoms with van der Waals surface area (Å²) in [7, 11) is 0. The first-order chi connectivity index (χ1) is 9.65. The molecule has 0 aliphatic heterocycles. The minimum absolute atomic E-state index is 0.0607. The van der Waals surface area contributed by atoms with Gasteiger partial charge in [0, 0.05) is 12.4 Å². The molecule has 20 heavy (non-hydrogen) atoms. The minimum Gasteiger partial charge on any atom is -0.481 e. The second-order valence-electron chi connectivity index (χ2n) is 5.20. The maximum absolute atomic E-state index is 14.2. The van der Waals surface area contributed by atoms with Crippen molar-refractivity contribution >= 4 is 5.97 Å². The molecule has 3 rings (SSSR count). The number of carboxylic acid groups (broad SMARTS) is 1. The summed E-state index contributed by atoms with van der Waals surface area (Å²) >= 11 is 0. The average molecular weight is 274 g/mol. The van der Waals surface area contributed by atoms with Crippen molar-refractivity contribution in [2.75, 3.05) is 0 Å². The molecule has 0 saturated heterocycles. The van der Waals surface area contributed by atoms with Crippen LogP contribution in [0.1, 0.15) is 30.7 Å². The summed E-state index contributed by atoms with van der Waals surface area (Å²) in [6.45, 7) is 0. The van der Waals surface area contributed by atoms with E-state index in [0.717, 1.165) is 18.4 Å². The molecule has 1 atom stereocenters. The molecule has 0 amide bonds. The molecule has 1 fully saturated rings. The molecule has 5 heteroatoms. The Hall–Kier alpha value is -2.17. The Morgan fingerprint density at radius 2 is 2.30 bits per heavy atom. The van der Waals surface area contributed by atoms with E-state index >= 15 is 0 Å². The van der Waals surface area contributed by atoms with E-state index in [2.05, 4.69) is 5.10 Å². The number of aromatic nitrogens is 2. The number of halogens is 1. The monoisotopic (exact) mass is 274 g/mol. The van der Waals surface area contributed by atoms with Crippen LogP contribution in [0.15, 0.2) is 36.7 Å². The van der Waals surface area contributed by atoms with Crippen molar-refractivity contribution in [2.24, 2.45) is 5.92 Å². The molecular weight excluding hydrogens is 259 g/mol. The van der Waals surface area contributed by atoms with Crippen LogP contribution in [0.4, 0.5) is 4.39 Å². The zero-order valence-corrected chi connectivity index (χ0v) is 10.9. The van der Waals surface area contributed by atoms with Crippen LogP contribution in [-0.2, 0) is 4.79 Å². The van der Waals surface area contributed by atoms with Gasteiger partial charge in [-0.3, -0.25) is 4.79 Å². The number of carboxylic acids is 1. The third kappa shape index (κ3) is 2.57. The number of hydrogen-bond acceptors (Lipinski definition) is 2. The molecule has 1 heterocycles. The molecule has 1 aromatic carbocycles. The Bertz CT molecular complexity index is 621. The highest BCUT2D eigenvalue weighted by atomic mass is 19.1. The summed E-state index contributed by atoms with van der Waals surface area (Å²) < 4.78 is 15.6. The summed E-state index contributed by atoms with van der Waals surface area (Å²) in [6.07, 6.45) is 5.38. The summed E-state index contributed by atoms with van der Waals surface area (Å²) in [5.41, 5.74) is 1.15. The van der Waals surface area contributed by atoms with Gasteiger partial charge in [0.2, 0.25) is 0 Å². The number of carbonyl (C=O) groups is 1. The van der Waals surface area contributed by atoms with Crippen molar-refractivity contribution in [2.45, 2.75) is 25.2 Å². The molecule has 1 unspecified atom stereocenters. The van der Waals surface area contributed by atoms with E-state index in [1.807, 2.05) is 6.07 Å². The van der Waals surface area contributed by atoms with Crippen LogP contribution in [0.5, 0.6) is 0 Å². The largest absolute Gasteiger partial charge is 0.481 e. The van der Waals surface area contributed by atoms with Crippen molar-refractivity contribution in [1.29, 1.82) is 0 Å². The summed E-state index contributed by atoms with van der Waals surface area (Å²) in [5, 5.41) is 13.0. The molecule has 0 spiro atoms. The quantitative estimate of drug-likeness (QED) is 0.912. The molecule has 0 bridgehead atoms. The van der Waals surface area contributed by atoms with E-state index < -0.39 is 5.97 Å². The van der Waals surface area contributed by atoms with Crippen LogP contribution >= 0.6 is 0 Å². The van der Waals surface area contributed by atoms with Crippen molar-refractivity contribution < 1.29 is 14.3 Å². The standard InChI is InChI=1S/C15H15FN2O2/c16-13-8-11(12(9-15(19)20)10-2-3-10)4-5-14(13)18-7-1-6-17-18/h1,4-8,10,12H,2-3,9H2,(H,19,20). The van der Waals surface area contributed by atoms with Gasteiger partial charge in [0.1, 0.15) is 11.5 Å². The maximum atomic E-state index is 14.2. The lowest BCUT2D eigenvalue weighted by atomic mass is 9.91. The second-order valence-corrected chi connectivity index (χ2v) is 5.20. The average Bonchev–Trinajstić information content (AvgIpc) is 3.11. The Balaban J connectivity index is 1.90. The fraction of sp³-hybridized carbons (Fsp3) is 0.333. The zero-order valence-electron chi connectivity index (χ0n) is 10.9. The van der Waals surface area contributed by atoms with Crippen LogP contribution < -0.4 is 0 Å². The van der Waals surface area contributed by atoms with Crippen molar-refractivity contribution in [3.05, 3.63) is 48.0 Å². The molecule has 2 aromatic rings. The van der Waals surface area contributed by atoms with Gasteiger partial charge in [0.15, 0.2) is 0 Å². The van der Waals surface area contributed by atoms with Crippen LogP contribution in [0.25, 0.3) is 5.69 Å². The first kappa shape index (κ1) is 12.8. The number of hydrogen-bond donors (Lipinski definition) is 1. The zero-order chi connectivity index (χ0) is 14.1. The molecule has 1 aliphatic rings. The predicted octanol–water partition coefficient (Wildman–Crippen LogP) is 2.98. The van der Waals surface area contributed by atoms with Crippen molar-refractivity contribution in [3.8, 4) is 5.69 Å². The fourth-order valence-electron chi connectivity index (χ4n) is 2.59. The van der Waals surface area contributed by atoms with E-state index in [1.165, 1.54) is 10.7 Å². The molecule has 1 saturated carbocycles. The number of aliphatic carboxylic acids is 1. The predicted molar refractivity (Wildman–Crippen MR) is 71.2 cm³/mol. The highest BCUT2D eigenvalue weighted by molar-refractivity contribution is 5.68. The number of benzene rings is 1. The molecular formula is C15H15FN2O2. The van der Waals surface area contributed by atoms with Gasteiger partial charge in [-0.05, 0) is 48.4 Å². The SMILES string of the molecule is O=C(O)CC(c1ccc(-n2cccn2)c(F)c1)C1CC1. The molecule has 4 nitrogen and oxygen atoms in total. The lowest BCUT2D eigenvalue weighted by Crippen LogP contribution is -2.09. The second kappa shape index (κ2) is 5.07. The van der Waals surface area contributed by atoms with Gasteiger partial charge in [-0.25, -0.2) is 9.07 Å². The Kier molecular flexibility index (Phi) is 3.26. The molecule has 1 aliphatic carbocycles. The van der Waals surface area contributed by atoms with E-state index in [4.69, 9.17) is 5.11 Å². The smallest absolute Gasteiger partial charge is 0.303 e. The lowest BCUT2D eigenvalue weighted by Gasteiger charge is -2.15. The highest BCUT2D eigenvalue weighted by Crippen LogP contribution is 2.44. The van der Waals surface area contributed by atoms with Gasteiger partial charge in [0.05, 0.1) is 6.42 Å². The van der Waals surface area contributed by atoms with Crippen LogP contribution in [0.2, 0.25) is 0 Å². The van der Waals surface area contributed by atoms with Gasteiger partial charge in [-0.15, -0.1) is 0 Å². The Morgan fingerprint density at radius 3 is 2.85 bits per heavy atom. The van der Waals surface area contributed by atoms with Crippen LogP contribution in [0.3, 0.4) is 0 Å². The van der Waals surface area contributed by atoms with Crippen molar-refractivity contribution in [3.63, 3.8) is 0 Å². The summed E-state index contributed by atoms with van der Waals surface area (Å²) in [4.78, 5) is 10.9. The summed E-state index contributed by atoms with van der Waals surface area (Å²) in [5.74, 6) is -0.921. The van der Waals surface area contributed by atoms with Crippen LogP contribution in [-0.4, -0.2) is 20.9 Å². The van der Waals surface area contributed by atoms with Gasteiger partial charge in [0.25, 0.3) is 0 Å². The lowest BCUT2D eigenvalue weighted by molar-refractivity contribution is -0.137. The van der Waals surface area contributed by atoms with E-state index in [9.17, 15) is 9.18 Å². The van der Waals surface area contributed by atoms with Gasteiger partial charge in [-0.1, -0.05) is 6.07 Å². The minimum atomic E-state index is -0.835.